The van der Waals surface area contributed by atoms with E-state index < -0.39 is 0 Å². The third-order valence-electron chi connectivity index (χ3n) is 11.7. The van der Waals surface area contributed by atoms with Gasteiger partial charge in [-0.25, -0.2) is 15.0 Å². The lowest BCUT2D eigenvalue weighted by Gasteiger charge is -2.14. The number of para-hydroxylation sites is 6. The number of nitrogens with zero attached hydrogens (tertiary/aromatic N) is 6. The second-order valence-electron chi connectivity index (χ2n) is 15.3. The van der Waals surface area contributed by atoms with Gasteiger partial charge in [0.05, 0.1) is 11.0 Å². The molecule has 13 rings (SSSR count). The molecule has 0 unspecified atom stereocenters. The SMILES string of the molecule is c1ccc2oc(-c3cc(-c4nc(-c5ccc6c7ccccc7c7ccccc7c6c5)nc(-n5c6ccccc6c6ccccc65)n4)cc(-c4nc5ccccc5o4)c3)nc2c1. The standard InChI is InChI=1S/C53H30N6O2/c1-2-15-37-35(13-1)36-14-3-4-16-38(36)42-30-31(25-26-39(37)42)49-56-50(58-53(57-49)59-45-21-9-5-17-40(45)41-18-6-10-22-46(41)59)32-27-33(51-54-43-19-7-11-23-47(43)60-51)29-34(28-32)52-55-44-20-8-12-24-48(44)61-52/h1-30H. The molecule has 0 N–H and O–H groups in total. The van der Waals surface area contributed by atoms with E-state index in [2.05, 4.69) is 120 Å². The van der Waals surface area contributed by atoms with Gasteiger partial charge in [0.1, 0.15) is 11.0 Å². The predicted molar refractivity (Wildman–Crippen MR) is 244 cm³/mol. The predicted octanol–water partition coefficient (Wildman–Crippen LogP) is 13.4. The van der Waals surface area contributed by atoms with Gasteiger partial charge in [0, 0.05) is 33.0 Å². The molecule has 284 valence electrons. The molecule has 8 heteroatoms. The van der Waals surface area contributed by atoms with Gasteiger partial charge >= 0.3 is 0 Å². The Hall–Kier alpha value is -8.49. The van der Waals surface area contributed by atoms with Crippen molar-refractivity contribution >= 4 is 76.3 Å². The summed E-state index contributed by atoms with van der Waals surface area (Å²) >= 11 is 0. The summed E-state index contributed by atoms with van der Waals surface area (Å²) < 4.78 is 14.8. The van der Waals surface area contributed by atoms with E-state index in [9.17, 15) is 0 Å². The minimum absolute atomic E-state index is 0.464. The Morgan fingerprint density at radius 3 is 1.28 bits per heavy atom. The van der Waals surface area contributed by atoms with E-state index in [4.69, 9.17) is 33.8 Å². The van der Waals surface area contributed by atoms with Gasteiger partial charge in [-0.2, -0.15) is 9.97 Å². The number of rotatable bonds is 5. The van der Waals surface area contributed by atoms with E-state index in [1.807, 2.05) is 66.7 Å². The zero-order valence-corrected chi connectivity index (χ0v) is 32.3. The molecule has 9 aromatic carbocycles. The first-order chi connectivity index (χ1) is 30.2. The fourth-order valence-corrected chi connectivity index (χ4v) is 8.90. The van der Waals surface area contributed by atoms with Crippen molar-refractivity contribution in [1.82, 2.24) is 29.5 Å². The maximum atomic E-state index is 6.35. The number of hydrogen-bond donors (Lipinski definition) is 0. The Bertz CT molecular complexity index is 3670. The monoisotopic (exact) mass is 782 g/mol. The van der Waals surface area contributed by atoms with E-state index in [0.717, 1.165) is 60.5 Å². The molecule has 0 radical (unpaired) electrons. The molecule has 0 saturated carbocycles. The Balaban J connectivity index is 1.10. The van der Waals surface area contributed by atoms with Crippen LogP contribution in [0.2, 0.25) is 0 Å². The Labute approximate surface area is 347 Å². The maximum Gasteiger partial charge on any atom is 0.238 e. The fraction of sp³-hybridized carbons (Fsp3) is 0. The summed E-state index contributed by atoms with van der Waals surface area (Å²) in [5.41, 5.74) is 7.96. The van der Waals surface area contributed by atoms with Crippen molar-refractivity contribution in [2.24, 2.45) is 0 Å². The van der Waals surface area contributed by atoms with Crippen molar-refractivity contribution in [3.8, 4) is 51.6 Å². The van der Waals surface area contributed by atoms with Gasteiger partial charge in [-0.05, 0) is 93.0 Å². The van der Waals surface area contributed by atoms with Crippen LogP contribution in [0.5, 0.6) is 0 Å². The largest absolute Gasteiger partial charge is 0.436 e. The molecule has 13 aromatic rings. The van der Waals surface area contributed by atoms with Crippen molar-refractivity contribution in [3.05, 3.63) is 182 Å². The van der Waals surface area contributed by atoms with Gasteiger partial charge < -0.3 is 8.83 Å². The second kappa shape index (κ2) is 13.0. The molecule has 4 aromatic heterocycles. The van der Waals surface area contributed by atoms with Crippen LogP contribution in [0, 0.1) is 0 Å². The molecule has 0 fully saturated rings. The second-order valence-corrected chi connectivity index (χ2v) is 15.3. The van der Waals surface area contributed by atoms with Crippen molar-refractivity contribution in [1.29, 1.82) is 0 Å². The number of hydrogen-bond acceptors (Lipinski definition) is 7. The normalized spacial score (nSPS) is 11.9. The summed E-state index contributed by atoms with van der Waals surface area (Å²) in [6, 6.07) is 62.1. The highest BCUT2D eigenvalue weighted by Gasteiger charge is 2.21. The number of oxazole rings is 2. The van der Waals surface area contributed by atoms with Gasteiger partial charge in [0.2, 0.25) is 17.7 Å². The van der Waals surface area contributed by atoms with Gasteiger partial charge in [0.25, 0.3) is 0 Å². The highest BCUT2D eigenvalue weighted by molar-refractivity contribution is 6.25. The average molecular weight is 783 g/mol. The zero-order chi connectivity index (χ0) is 40.0. The van der Waals surface area contributed by atoms with Crippen LogP contribution in [0.3, 0.4) is 0 Å². The Kier molecular flexibility index (Phi) is 7.14. The van der Waals surface area contributed by atoms with Crippen LogP contribution < -0.4 is 0 Å². The third kappa shape index (κ3) is 5.29. The molecule has 0 aliphatic carbocycles. The molecule has 4 heterocycles. The third-order valence-corrected chi connectivity index (χ3v) is 11.7. The number of benzene rings is 9. The van der Waals surface area contributed by atoms with E-state index in [1.165, 1.54) is 26.9 Å². The summed E-state index contributed by atoms with van der Waals surface area (Å²) in [4.78, 5) is 25.7. The first-order valence-electron chi connectivity index (χ1n) is 20.2. The maximum absolute atomic E-state index is 6.35. The average Bonchev–Trinajstić information content (AvgIpc) is 4.06. The summed E-state index contributed by atoms with van der Waals surface area (Å²) in [6.07, 6.45) is 0. The van der Waals surface area contributed by atoms with Crippen LogP contribution in [0.15, 0.2) is 191 Å². The van der Waals surface area contributed by atoms with Crippen molar-refractivity contribution in [3.63, 3.8) is 0 Å². The lowest BCUT2D eigenvalue weighted by Crippen LogP contribution is -2.06. The highest BCUT2D eigenvalue weighted by Crippen LogP contribution is 2.39. The number of aromatic nitrogens is 6. The van der Waals surface area contributed by atoms with Crippen molar-refractivity contribution in [2.45, 2.75) is 0 Å². The lowest BCUT2D eigenvalue weighted by molar-refractivity contribution is 0.617. The smallest absolute Gasteiger partial charge is 0.238 e. The Morgan fingerprint density at radius 1 is 0.311 bits per heavy atom. The summed E-state index contributed by atoms with van der Waals surface area (Å²) in [5, 5.41) is 9.32. The van der Waals surface area contributed by atoms with Gasteiger partial charge in [-0.1, -0.05) is 121 Å². The van der Waals surface area contributed by atoms with Gasteiger partial charge in [-0.3, -0.25) is 4.57 Å². The highest BCUT2D eigenvalue weighted by atomic mass is 16.4. The molecule has 0 atom stereocenters. The van der Waals surface area contributed by atoms with Crippen molar-refractivity contribution < 1.29 is 8.83 Å². The molecule has 8 nitrogen and oxygen atoms in total. The van der Waals surface area contributed by atoms with Crippen LogP contribution in [-0.2, 0) is 0 Å². The van der Waals surface area contributed by atoms with E-state index in [-0.39, 0.29) is 0 Å². The summed E-state index contributed by atoms with van der Waals surface area (Å²) in [5.74, 6) is 2.44. The topological polar surface area (TPSA) is 95.7 Å². The minimum atomic E-state index is 0.464. The Morgan fingerprint density at radius 2 is 0.738 bits per heavy atom. The van der Waals surface area contributed by atoms with Crippen LogP contribution in [-0.4, -0.2) is 29.5 Å². The number of fused-ring (bicyclic) bond motifs is 11. The molecule has 61 heavy (non-hydrogen) atoms. The lowest BCUT2D eigenvalue weighted by atomic mass is 9.93. The quantitative estimate of drug-likeness (QED) is 0.160. The molecule has 0 aliphatic rings. The molecule has 0 aliphatic heterocycles. The van der Waals surface area contributed by atoms with Crippen LogP contribution in [0.1, 0.15) is 0 Å². The van der Waals surface area contributed by atoms with E-state index in [1.54, 1.807) is 0 Å². The molecule has 0 saturated heterocycles. The fourth-order valence-electron chi connectivity index (χ4n) is 8.90. The summed E-state index contributed by atoms with van der Waals surface area (Å²) in [7, 11) is 0. The van der Waals surface area contributed by atoms with Crippen LogP contribution in [0.25, 0.3) is 128 Å². The van der Waals surface area contributed by atoms with E-state index >= 15 is 0 Å². The van der Waals surface area contributed by atoms with Crippen LogP contribution >= 0.6 is 0 Å². The zero-order valence-electron chi connectivity index (χ0n) is 32.3. The first-order valence-corrected chi connectivity index (χ1v) is 20.2. The molecule has 0 bridgehead atoms. The van der Waals surface area contributed by atoms with Gasteiger partial charge in [0.15, 0.2) is 22.8 Å². The van der Waals surface area contributed by atoms with E-state index in [0.29, 0.717) is 40.5 Å². The minimum Gasteiger partial charge on any atom is -0.436 e. The molecule has 0 spiro atoms. The van der Waals surface area contributed by atoms with Crippen molar-refractivity contribution in [2.75, 3.05) is 0 Å². The van der Waals surface area contributed by atoms with Gasteiger partial charge in [-0.15, -0.1) is 0 Å². The van der Waals surface area contributed by atoms with Crippen LogP contribution in [0.4, 0.5) is 0 Å². The molecule has 0 amide bonds. The molecular weight excluding hydrogens is 753 g/mol. The summed E-state index contributed by atoms with van der Waals surface area (Å²) in [6.45, 7) is 0. The first kappa shape index (κ1) is 33.5. The molecular formula is C53H30N6O2.